The lowest BCUT2D eigenvalue weighted by Crippen LogP contribution is -2.43. The van der Waals surface area contributed by atoms with Crippen LogP contribution < -0.4 is 0 Å². The molecule has 4 rings (SSSR count). The van der Waals surface area contributed by atoms with Gasteiger partial charge in [-0.2, -0.15) is 0 Å². The van der Waals surface area contributed by atoms with Gasteiger partial charge < -0.3 is 14.6 Å². The van der Waals surface area contributed by atoms with Crippen molar-refractivity contribution in [1.82, 2.24) is 9.88 Å². The summed E-state index contributed by atoms with van der Waals surface area (Å²) in [6.45, 7) is 2.98. The van der Waals surface area contributed by atoms with Crippen LogP contribution in [0.3, 0.4) is 0 Å². The molecule has 0 unspecified atom stereocenters. The number of phenolic OH excluding ortho intramolecular Hbond substituents is 1. The Morgan fingerprint density at radius 2 is 1.85 bits per heavy atom. The zero-order valence-corrected chi connectivity index (χ0v) is 15.4. The second-order valence-electron chi connectivity index (χ2n) is 8.00. The Balaban J connectivity index is 1.94. The van der Waals surface area contributed by atoms with Crippen LogP contribution in [-0.4, -0.2) is 65.5 Å². The van der Waals surface area contributed by atoms with Crippen LogP contribution in [0.1, 0.15) is 26.3 Å². The van der Waals surface area contributed by atoms with E-state index < -0.39 is 0 Å². The van der Waals surface area contributed by atoms with Crippen molar-refractivity contribution < 1.29 is 19.2 Å². The van der Waals surface area contributed by atoms with Gasteiger partial charge in [0, 0.05) is 16.3 Å². The average molecular weight is 352 g/mol. The second kappa shape index (κ2) is 5.32. The number of nitrogens with one attached hydrogen (secondary N) is 1. The summed E-state index contributed by atoms with van der Waals surface area (Å²) in [5.41, 5.74) is 3.46. The van der Waals surface area contributed by atoms with Gasteiger partial charge in [0.2, 0.25) is 0 Å². The van der Waals surface area contributed by atoms with Gasteiger partial charge >= 0.3 is 0 Å². The fourth-order valence-corrected chi connectivity index (χ4v) is 3.60. The van der Waals surface area contributed by atoms with Crippen molar-refractivity contribution in [2.75, 3.05) is 34.2 Å². The fourth-order valence-electron chi connectivity index (χ4n) is 3.60. The largest absolute Gasteiger partial charge is 0.508 e. The number of H-pyrrole nitrogens is 1. The van der Waals surface area contributed by atoms with Gasteiger partial charge in [0.15, 0.2) is 0 Å². The number of fused-ring (bicyclic) bond motifs is 5. The molecule has 1 aromatic heterocycles. The van der Waals surface area contributed by atoms with Crippen LogP contribution in [0.4, 0.5) is 0 Å². The number of imide groups is 1. The van der Waals surface area contributed by atoms with Crippen molar-refractivity contribution in [1.29, 1.82) is 0 Å². The third-order valence-electron chi connectivity index (χ3n) is 4.99. The molecule has 2 N–H and O–H groups in total. The molecule has 2 amide bonds. The lowest BCUT2D eigenvalue weighted by atomic mass is 9.99. The summed E-state index contributed by atoms with van der Waals surface area (Å²) in [4.78, 5) is 30.6. The first kappa shape index (κ1) is 16.6. The zero-order valence-electron chi connectivity index (χ0n) is 15.4. The molecule has 2 heterocycles. The first-order chi connectivity index (χ1) is 12.2. The van der Waals surface area contributed by atoms with E-state index in [1.807, 2.05) is 28.1 Å². The maximum absolute atomic E-state index is 13.1. The van der Waals surface area contributed by atoms with Crippen molar-refractivity contribution in [2.45, 2.75) is 6.92 Å². The van der Waals surface area contributed by atoms with E-state index >= 15 is 0 Å². The molecule has 0 atom stereocenters. The third kappa shape index (κ3) is 2.37. The van der Waals surface area contributed by atoms with Crippen LogP contribution in [0.25, 0.3) is 21.8 Å². The summed E-state index contributed by atoms with van der Waals surface area (Å²) in [6, 6.07) is 6.82. The fraction of sp³-hybridized carbons (Fsp3) is 0.300. The Hall–Kier alpha value is -2.86. The molecule has 6 nitrogen and oxygen atoms in total. The summed E-state index contributed by atoms with van der Waals surface area (Å²) in [5.74, 6) is -0.363. The minimum absolute atomic E-state index is 0.132. The molecule has 0 saturated carbocycles. The Morgan fingerprint density at radius 3 is 2.54 bits per heavy atom. The smallest absolute Gasteiger partial charge is 0.262 e. The number of carbonyl (C=O) groups excluding carboxylic acids is 2. The highest BCUT2D eigenvalue weighted by molar-refractivity contribution is 6.30. The molecule has 0 bridgehead atoms. The molecule has 0 saturated heterocycles. The number of hydrogen-bond acceptors (Lipinski definition) is 3. The number of rotatable bonds is 3. The molecule has 0 aliphatic carbocycles. The van der Waals surface area contributed by atoms with Crippen molar-refractivity contribution in [2.24, 2.45) is 0 Å². The molecular weight excluding hydrogens is 330 g/mol. The normalized spacial score (nSPS) is 14.7. The number of hydrogen-bond donors (Lipinski definition) is 2. The first-order valence-corrected chi connectivity index (χ1v) is 8.62. The van der Waals surface area contributed by atoms with Gasteiger partial charge in [-0.15, -0.1) is 0 Å². The summed E-state index contributed by atoms with van der Waals surface area (Å²) in [7, 11) is 6.09. The zero-order chi connectivity index (χ0) is 18.8. The topological polar surface area (TPSA) is 73.4 Å². The third-order valence-corrected chi connectivity index (χ3v) is 4.99. The molecule has 0 radical (unpaired) electrons. The van der Waals surface area contributed by atoms with Gasteiger partial charge in [-0.3, -0.25) is 14.5 Å². The second-order valence-corrected chi connectivity index (χ2v) is 8.00. The molecular formula is C20H22N3O3+. The van der Waals surface area contributed by atoms with E-state index in [4.69, 9.17) is 0 Å². The number of aromatic nitrogens is 1. The molecule has 1 aliphatic rings. The number of aryl methyl sites for hydroxylation is 1. The number of aromatic hydroxyl groups is 1. The maximum atomic E-state index is 13.1. The number of phenols is 1. The molecule has 26 heavy (non-hydrogen) atoms. The van der Waals surface area contributed by atoms with Crippen LogP contribution in [0.5, 0.6) is 5.75 Å². The van der Waals surface area contributed by atoms with E-state index in [0.29, 0.717) is 28.7 Å². The number of aromatic amines is 1. The highest BCUT2D eigenvalue weighted by Crippen LogP contribution is 2.38. The average Bonchev–Trinajstić information content (AvgIpc) is 3.02. The predicted molar refractivity (Wildman–Crippen MR) is 100 cm³/mol. The summed E-state index contributed by atoms with van der Waals surface area (Å²) >= 11 is 0. The Labute approximate surface area is 151 Å². The van der Waals surface area contributed by atoms with Gasteiger partial charge in [0.05, 0.1) is 50.9 Å². The summed E-state index contributed by atoms with van der Waals surface area (Å²) in [5, 5.41) is 11.4. The molecule has 2 aromatic carbocycles. The lowest BCUT2D eigenvalue weighted by molar-refractivity contribution is -0.869. The molecule has 0 fully saturated rings. The summed E-state index contributed by atoms with van der Waals surface area (Å²) in [6.07, 6.45) is 0. The van der Waals surface area contributed by atoms with E-state index in [1.54, 1.807) is 24.3 Å². The van der Waals surface area contributed by atoms with Crippen molar-refractivity contribution in [3.63, 3.8) is 0 Å². The molecule has 134 valence electrons. The molecule has 6 heteroatoms. The van der Waals surface area contributed by atoms with E-state index in [1.165, 1.54) is 4.90 Å². The van der Waals surface area contributed by atoms with Crippen LogP contribution in [0.15, 0.2) is 24.3 Å². The van der Waals surface area contributed by atoms with E-state index in [2.05, 4.69) is 4.98 Å². The minimum atomic E-state index is -0.257. The van der Waals surface area contributed by atoms with Crippen LogP contribution in [0.2, 0.25) is 0 Å². The van der Waals surface area contributed by atoms with Gasteiger partial charge in [-0.1, -0.05) is 0 Å². The monoisotopic (exact) mass is 352 g/mol. The van der Waals surface area contributed by atoms with E-state index in [-0.39, 0.29) is 17.6 Å². The van der Waals surface area contributed by atoms with Crippen molar-refractivity contribution >= 4 is 33.6 Å². The van der Waals surface area contributed by atoms with Crippen LogP contribution in [0, 0.1) is 6.92 Å². The van der Waals surface area contributed by atoms with Crippen LogP contribution in [-0.2, 0) is 0 Å². The number of carbonyl (C=O) groups is 2. The SMILES string of the molecule is Cc1cc2c(c3c1[nH]c1ccc(O)cc13)C(=O)N(CC[N+](C)(C)C)C2=O. The van der Waals surface area contributed by atoms with Gasteiger partial charge in [-0.25, -0.2) is 0 Å². The minimum Gasteiger partial charge on any atom is -0.508 e. The van der Waals surface area contributed by atoms with Gasteiger partial charge in [-0.05, 0) is 36.8 Å². The number of benzene rings is 2. The number of quaternary nitrogens is 1. The molecule has 0 spiro atoms. The van der Waals surface area contributed by atoms with Crippen molar-refractivity contribution in [3.8, 4) is 5.75 Å². The number of amides is 2. The summed E-state index contributed by atoms with van der Waals surface area (Å²) < 4.78 is 0.669. The quantitative estimate of drug-likeness (QED) is 0.562. The molecule has 1 aliphatic heterocycles. The van der Waals surface area contributed by atoms with E-state index in [9.17, 15) is 14.7 Å². The lowest BCUT2D eigenvalue weighted by Gasteiger charge is -2.26. The van der Waals surface area contributed by atoms with Crippen LogP contribution >= 0.6 is 0 Å². The standard InChI is InChI=1S/C20H21N3O3/c1-11-9-14-17(20(26)22(19(14)25)7-8-23(2,3)4)16-13-10-12(24)5-6-15(13)21-18(11)16/h5-6,9-10H,7-8H2,1-4H3,(H-,21,24,25,26)/p+1. The highest BCUT2D eigenvalue weighted by atomic mass is 16.3. The predicted octanol–water partition coefficient (Wildman–Crippen LogP) is 2.64. The van der Waals surface area contributed by atoms with Crippen molar-refractivity contribution in [3.05, 3.63) is 41.0 Å². The van der Waals surface area contributed by atoms with E-state index in [0.717, 1.165) is 27.4 Å². The van der Waals surface area contributed by atoms with Gasteiger partial charge in [0.1, 0.15) is 5.75 Å². The Bertz CT molecular complexity index is 1090. The number of likely N-dealkylation sites (N-methyl/N-ethyl adjacent to an activating group) is 1. The van der Waals surface area contributed by atoms with Gasteiger partial charge in [0.25, 0.3) is 11.8 Å². The molecule has 3 aromatic rings. The Morgan fingerprint density at radius 1 is 1.12 bits per heavy atom. The highest BCUT2D eigenvalue weighted by Gasteiger charge is 2.38. The number of nitrogens with zero attached hydrogens (tertiary/aromatic N) is 2. The Kier molecular flexibility index (Phi) is 3.39. The first-order valence-electron chi connectivity index (χ1n) is 8.62. The maximum Gasteiger partial charge on any atom is 0.262 e.